The first kappa shape index (κ1) is 8.10. The number of carboxylic acid groups (broad SMARTS) is 1. The van der Waals surface area contributed by atoms with Crippen molar-refractivity contribution in [2.75, 3.05) is 13.2 Å². The van der Waals surface area contributed by atoms with Crippen molar-refractivity contribution in [3.05, 3.63) is 0 Å². The Hall–Kier alpha value is -0.900. The standard InChI is InChI=1S/C5H9NO3/c7-3-1-2-6-4-5(8)9/h2,7H,1,3-4H2,(H,8,9). The number of aliphatic hydroxyl groups excluding tert-OH is 1. The number of carbonyl (C=O) groups excluding carboxylic acids is 1. The lowest BCUT2D eigenvalue weighted by Crippen LogP contribution is -2.73. The normalized spacial score (nSPS) is 10.3. The van der Waals surface area contributed by atoms with Crippen LogP contribution in [0.2, 0.25) is 0 Å². The van der Waals surface area contributed by atoms with E-state index in [1.54, 1.807) is 0 Å². The lowest BCUT2D eigenvalue weighted by molar-refractivity contribution is -0.461. The van der Waals surface area contributed by atoms with E-state index in [9.17, 15) is 9.90 Å². The molecule has 2 N–H and O–H groups in total. The lowest BCUT2D eigenvalue weighted by atomic mass is 10.5. The maximum absolute atomic E-state index is 9.71. The minimum Gasteiger partial charge on any atom is -0.544 e. The Morgan fingerprint density at radius 2 is 2.44 bits per heavy atom. The molecule has 0 unspecified atom stereocenters. The van der Waals surface area contributed by atoms with Crippen LogP contribution in [0.25, 0.3) is 0 Å². The Balaban J connectivity index is 3.14. The predicted molar refractivity (Wildman–Crippen MR) is 28.6 cm³/mol. The molecule has 52 valence electrons. The summed E-state index contributed by atoms with van der Waals surface area (Å²) in [5.41, 5.74) is 0. The smallest absolute Gasteiger partial charge is 0.180 e. The summed E-state index contributed by atoms with van der Waals surface area (Å²) in [7, 11) is 0. The molecule has 0 aliphatic carbocycles. The molecule has 0 bridgehead atoms. The topological polar surface area (TPSA) is 74.3 Å². The highest BCUT2D eigenvalue weighted by Gasteiger charge is 1.83. The van der Waals surface area contributed by atoms with Crippen LogP contribution in [-0.2, 0) is 4.79 Å². The molecule has 0 amide bonds. The molecule has 0 radical (unpaired) electrons. The molecule has 0 spiro atoms. The van der Waals surface area contributed by atoms with Gasteiger partial charge in [-0.3, -0.25) is 0 Å². The van der Waals surface area contributed by atoms with Crippen LogP contribution in [0, 0.1) is 0 Å². The number of aliphatic carboxylic acids is 1. The van der Waals surface area contributed by atoms with E-state index in [0.717, 1.165) is 0 Å². The Morgan fingerprint density at radius 3 is 2.89 bits per heavy atom. The van der Waals surface area contributed by atoms with Gasteiger partial charge >= 0.3 is 0 Å². The van der Waals surface area contributed by atoms with E-state index in [2.05, 4.69) is 4.99 Å². The van der Waals surface area contributed by atoms with Gasteiger partial charge in [-0.1, -0.05) is 0 Å². The third-order valence-corrected chi connectivity index (χ3v) is 0.664. The molecule has 0 saturated heterocycles. The van der Waals surface area contributed by atoms with Crippen LogP contribution in [0.15, 0.2) is 0 Å². The van der Waals surface area contributed by atoms with Gasteiger partial charge < -0.3 is 15.0 Å². The maximum atomic E-state index is 9.71. The number of carboxylic acids is 1. The zero-order valence-corrected chi connectivity index (χ0v) is 4.96. The van der Waals surface area contributed by atoms with Crippen molar-refractivity contribution in [3.63, 3.8) is 0 Å². The van der Waals surface area contributed by atoms with Gasteiger partial charge in [0.2, 0.25) is 0 Å². The number of nitrogens with one attached hydrogen (secondary N) is 1. The minimum absolute atomic E-state index is 0.0278. The van der Waals surface area contributed by atoms with Crippen molar-refractivity contribution in [1.82, 2.24) is 0 Å². The number of hydrogen-bond acceptors (Lipinski definition) is 3. The van der Waals surface area contributed by atoms with Crippen molar-refractivity contribution in [1.29, 1.82) is 0 Å². The van der Waals surface area contributed by atoms with Gasteiger partial charge in [-0.2, -0.15) is 0 Å². The van der Waals surface area contributed by atoms with Gasteiger partial charge in [0.1, 0.15) is 12.2 Å². The lowest BCUT2D eigenvalue weighted by Gasteiger charge is -1.87. The average Bonchev–Trinajstić information content (AvgIpc) is 1.80. The zero-order chi connectivity index (χ0) is 7.11. The molecule has 0 aromatic carbocycles. The summed E-state index contributed by atoms with van der Waals surface area (Å²) in [6, 6.07) is 0. The number of aliphatic hydroxyl groups is 1. The summed E-state index contributed by atoms with van der Waals surface area (Å²) in [5.74, 6) is -1.15. The fraction of sp³-hybridized carbons (Fsp3) is 0.600. The van der Waals surface area contributed by atoms with E-state index in [-0.39, 0.29) is 13.2 Å². The average molecular weight is 131 g/mol. The van der Waals surface area contributed by atoms with Crippen LogP contribution in [0.3, 0.4) is 0 Å². The van der Waals surface area contributed by atoms with Gasteiger partial charge in [0.05, 0.1) is 6.61 Å². The summed E-state index contributed by atoms with van der Waals surface area (Å²) < 4.78 is 0. The second kappa shape index (κ2) is 5.24. The van der Waals surface area contributed by atoms with Gasteiger partial charge in [0, 0.05) is 6.42 Å². The Morgan fingerprint density at radius 1 is 1.78 bits per heavy atom. The van der Waals surface area contributed by atoms with E-state index in [1.165, 1.54) is 6.21 Å². The molecule has 0 saturated carbocycles. The third kappa shape index (κ3) is 7.10. The largest absolute Gasteiger partial charge is 0.544 e. The molecular formula is C5H9NO3. The van der Waals surface area contributed by atoms with Gasteiger partial charge in [-0.05, 0) is 0 Å². The van der Waals surface area contributed by atoms with Crippen molar-refractivity contribution >= 4 is 12.2 Å². The van der Waals surface area contributed by atoms with Gasteiger partial charge in [-0.15, -0.1) is 0 Å². The van der Waals surface area contributed by atoms with Gasteiger partial charge in [0.15, 0.2) is 6.54 Å². The van der Waals surface area contributed by atoms with E-state index in [0.29, 0.717) is 6.42 Å². The van der Waals surface area contributed by atoms with Crippen LogP contribution in [0.4, 0.5) is 0 Å². The van der Waals surface area contributed by atoms with Gasteiger partial charge in [0.25, 0.3) is 0 Å². The number of hydrogen-bond donors (Lipinski definition) is 2. The minimum atomic E-state index is -1.15. The second-order valence-electron chi connectivity index (χ2n) is 1.47. The molecule has 4 heteroatoms. The SMILES string of the molecule is O=C([O-])C[NH+]=CCCO. The second-order valence-corrected chi connectivity index (χ2v) is 1.47. The van der Waals surface area contributed by atoms with Crippen molar-refractivity contribution in [3.8, 4) is 0 Å². The molecule has 0 aromatic heterocycles. The molecular weight excluding hydrogens is 122 g/mol. The van der Waals surface area contributed by atoms with E-state index >= 15 is 0 Å². The van der Waals surface area contributed by atoms with Crippen LogP contribution in [0.1, 0.15) is 6.42 Å². The Bertz CT molecular complexity index is 111. The third-order valence-electron chi connectivity index (χ3n) is 0.664. The molecule has 0 fully saturated rings. The first-order valence-electron chi connectivity index (χ1n) is 2.63. The molecule has 0 atom stereocenters. The number of rotatable bonds is 4. The molecule has 0 rings (SSSR count). The quantitative estimate of drug-likeness (QED) is 0.385. The summed E-state index contributed by atoms with van der Waals surface area (Å²) in [6.45, 7) is -0.167. The van der Waals surface area contributed by atoms with Crippen molar-refractivity contribution < 1.29 is 20.0 Å². The highest BCUT2D eigenvalue weighted by Crippen LogP contribution is 1.57. The van der Waals surface area contributed by atoms with Crippen LogP contribution in [-0.4, -0.2) is 30.4 Å². The molecule has 0 aromatic rings. The predicted octanol–water partition coefficient (Wildman–Crippen LogP) is -3.73. The maximum Gasteiger partial charge on any atom is 0.180 e. The summed E-state index contributed by atoms with van der Waals surface area (Å²) >= 11 is 0. The van der Waals surface area contributed by atoms with Crippen LogP contribution in [0.5, 0.6) is 0 Å². The van der Waals surface area contributed by atoms with Crippen LogP contribution < -0.4 is 10.1 Å². The fourth-order valence-electron chi connectivity index (χ4n) is 0.322. The van der Waals surface area contributed by atoms with E-state index in [1.807, 2.05) is 0 Å². The first-order chi connectivity index (χ1) is 4.27. The Labute approximate surface area is 52.8 Å². The molecule has 0 aliphatic heterocycles. The van der Waals surface area contributed by atoms with Crippen molar-refractivity contribution in [2.45, 2.75) is 6.42 Å². The van der Waals surface area contributed by atoms with E-state index in [4.69, 9.17) is 5.11 Å². The molecule has 0 heterocycles. The van der Waals surface area contributed by atoms with Crippen molar-refractivity contribution in [2.24, 2.45) is 0 Å². The monoisotopic (exact) mass is 131 g/mol. The molecule has 4 nitrogen and oxygen atoms in total. The highest BCUT2D eigenvalue weighted by molar-refractivity contribution is 5.65. The zero-order valence-electron chi connectivity index (χ0n) is 4.96. The fourth-order valence-corrected chi connectivity index (χ4v) is 0.322. The number of carbonyl (C=O) groups is 1. The van der Waals surface area contributed by atoms with Gasteiger partial charge in [-0.25, -0.2) is 4.99 Å². The molecule has 0 aliphatic rings. The molecule has 9 heavy (non-hydrogen) atoms. The first-order valence-corrected chi connectivity index (χ1v) is 2.63. The summed E-state index contributed by atoms with van der Waals surface area (Å²) in [5, 5.41) is 17.9. The summed E-state index contributed by atoms with van der Waals surface area (Å²) in [6.07, 6.45) is 1.93. The summed E-state index contributed by atoms with van der Waals surface area (Å²) in [4.78, 5) is 12.1. The highest BCUT2D eigenvalue weighted by atomic mass is 16.4. The van der Waals surface area contributed by atoms with E-state index < -0.39 is 5.97 Å². The van der Waals surface area contributed by atoms with Crippen LogP contribution >= 0.6 is 0 Å². The Kier molecular flexibility index (Phi) is 4.72.